The molecule has 1 aromatic rings. The van der Waals surface area contributed by atoms with E-state index in [9.17, 15) is 13.2 Å². The number of benzene rings is 1. The van der Waals surface area contributed by atoms with Crippen molar-refractivity contribution in [2.24, 2.45) is 11.7 Å². The Morgan fingerprint density at radius 2 is 2.05 bits per heavy atom. The number of carbonyl (C=O) groups is 1. The molecule has 1 unspecified atom stereocenters. The lowest BCUT2D eigenvalue weighted by Gasteiger charge is -2.19. The Morgan fingerprint density at radius 3 is 2.57 bits per heavy atom. The van der Waals surface area contributed by atoms with Crippen LogP contribution in [-0.2, 0) is 10.0 Å². The molecule has 3 N–H and O–H groups in total. The number of nitrogens with zero attached hydrogens (tertiary/aromatic N) is 1. The molecule has 1 atom stereocenters. The lowest BCUT2D eigenvalue weighted by molar-refractivity contribution is 0.0696. The van der Waals surface area contributed by atoms with Gasteiger partial charge in [0, 0.05) is 13.1 Å². The second-order valence-corrected chi connectivity index (χ2v) is 7.40. The lowest BCUT2D eigenvalue weighted by atomic mass is 10.1. The highest BCUT2D eigenvalue weighted by molar-refractivity contribution is 7.89. The summed E-state index contributed by atoms with van der Waals surface area (Å²) in [5.74, 6) is -0.949. The number of aromatic carboxylic acids is 1. The largest absolute Gasteiger partial charge is 0.478 e. The summed E-state index contributed by atoms with van der Waals surface area (Å²) in [6, 6.07) is 2.87. The van der Waals surface area contributed by atoms with E-state index in [1.165, 1.54) is 10.4 Å². The molecule has 21 heavy (non-hydrogen) atoms. The van der Waals surface area contributed by atoms with Gasteiger partial charge in [0.05, 0.1) is 10.5 Å². The fourth-order valence-corrected chi connectivity index (χ4v) is 4.45. The van der Waals surface area contributed by atoms with Gasteiger partial charge in [-0.3, -0.25) is 0 Å². The number of carboxylic acids is 1. The number of nitrogens with two attached hydrogens (primary N) is 1. The zero-order valence-corrected chi connectivity index (χ0v) is 13.0. The molecule has 0 saturated carbocycles. The highest BCUT2D eigenvalue weighted by Gasteiger charge is 2.33. The summed E-state index contributed by atoms with van der Waals surface area (Å²) in [6.07, 6.45) is 0.742. The van der Waals surface area contributed by atoms with Gasteiger partial charge in [0.15, 0.2) is 0 Å². The van der Waals surface area contributed by atoms with Crippen LogP contribution in [0.4, 0.5) is 0 Å². The van der Waals surface area contributed by atoms with Crippen molar-refractivity contribution in [1.82, 2.24) is 4.31 Å². The van der Waals surface area contributed by atoms with E-state index in [0.717, 1.165) is 6.42 Å². The Balaban J connectivity index is 2.45. The van der Waals surface area contributed by atoms with Gasteiger partial charge in [-0.15, -0.1) is 0 Å². The van der Waals surface area contributed by atoms with Gasteiger partial charge in [0.2, 0.25) is 10.0 Å². The van der Waals surface area contributed by atoms with Crippen molar-refractivity contribution in [3.8, 4) is 0 Å². The maximum atomic E-state index is 12.7. The minimum absolute atomic E-state index is 0.0220. The van der Waals surface area contributed by atoms with Gasteiger partial charge in [0.1, 0.15) is 0 Å². The maximum absolute atomic E-state index is 12.7. The Morgan fingerprint density at radius 1 is 1.38 bits per heavy atom. The molecule has 0 aliphatic carbocycles. The molecule has 1 saturated heterocycles. The van der Waals surface area contributed by atoms with E-state index >= 15 is 0 Å². The van der Waals surface area contributed by atoms with E-state index in [1.807, 2.05) is 0 Å². The van der Waals surface area contributed by atoms with Crippen molar-refractivity contribution >= 4 is 16.0 Å². The standard InChI is InChI=1S/C14H20N2O4S/c1-9-5-10(2)13(6-12(9)14(17)18)21(19,20)16-4-3-11(7-15)8-16/h5-6,11H,3-4,7-8,15H2,1-2H3,(H,17,18). The van der Waals surface area contributed by atoms with Crippen LogP contribution in [0.15, 0.2) is 17.0 Å². The lowest BCUT2D eigenvalue weighted by Crippen LogP contribution is -2.30. The fraction of sp³-hybridized carbons (Fsp3) is 0.500. The zero-order chi connectivity index (χ0) is 15.8. The molecule has 0 amide bonds. The van der Waals surface area contributed by atoms with Crippen LogP contribution in [-0.4, -0.2) is 43.4 Å². The molecule has 1 heterocycles. The first kappa shape index (κ1) is 15.9. The zero-order valence-electron chi connectivity index (χ0n) is 12.2. The van der Waals surface area contributed by atoms with Gasteiger partial charge in [0.25, 0.3) is 0 Å². The molecule has 2 rings (SSSR count). The minimum Gasteiger partial charge on any atom is -0.478 e. The number of aryl methyl sites for hydroxylation is 2. The summed E-state index contributed by atoms with van der Waals surface area (Å²) in [4.78, 5) is 11.3. The molecule has 1 fully saturated rings. The Kier molecular flexibility index (Phi) is 4.36. The topological polar surface area (TPSA) is 101 Å². The fourth-order valence-electron chi connectivity index (χ4n) is 2.69. The molecular formula is C14H20N2O4S. The Hall–Kier alpha value is -1.44. The van der Waals surface area contributed by atoms with Crippen LogP contribution in [0.5, 0.6) is 0 Å². The second-order valence-electron chi connectivity index (χ2n) is 5.49. The van der Waals surface area contributed by atoms with Crippen LogP contribution >= 0.6 is 0 Å². The van der Waals surface area contributed by atoms with E-state index in [2.05, 4.69) is 0 Å². The molecule has 0 radical (unpaired) electrons. The summed E-state index contributed by atoms with van der Waals surface area (Å²) >= 11 is 0. The van der Waals surface area contributed by atoms with Crippen LogP contribution in [0.1, 0.15) is 27.9 Å². The number of carboxylic acid groups (broad SMARTS) is 1. The van der Waals surface area contributed by atoms with E-state index in [0.29, 0.717) is 30.8 Å². The van der Waals surface area contributed by atoms with Crippen molar-refractivity contribution in [3.63, 3.8) is 0 Å². The van der Waals surface area contributed by atoms with Gasteiger partial charge in [-0.2, -0.15) is 4.31 Å². The highest BCUT2D eigenvalue weighted by Crippen LogP contribution is 2.27. The predicted octanol–water partition coefficient (Wildman–Crippen LogP) is 0.971. The van der Waals surface area contributed by atoms with Crippen LogP contribution in [0, 0.1) is 19.8 Å². The van der Waals surface area contributed by atoms with Gasteiger partial charge in [-0.05, 0) is 49.9 Å². The number of rotatable bonds is 4. The minimum atomic E-state index is -3.67. The SMILES string of the molecule is Cc1cc(C)c(S(=O)(=O)N2CCC(CN)C2)cc1C(=O)O. The summed E-state index contributed by atoms with van der Waals surface area (Å²) in [7, 11) is -3.67. The predicted molar refractivity (Wildman–Crippen MR) is 78.8 cm³/mol. The third-order valence-corrected chi connectivity index (χ3v) is 5.96. The molecule has 6 nitrogen and oxygen atoms in total. The summed E-state index contributed by atoms with van der Waals surface area (Å²) < 4.78 is 26.8. The molecule has 0 aromatic heterocycles. The van der Waals surface area contributed by atoms with E-state index in [-0.39, 0.29) is 16.4 Å². The molecule has 0 bridgehead atoms. The van der Waals surface area contributed by atoms with Crippen molar-refractivity contribution in [1.29, 1.82) is 0 Å². The average Bonchev–Trinajstić information content (AvgIpc) is 2.87. The van der Waals surface area contributed by atoms with Crippen LogP contribution in [0.2, 0.25) is 0 Å². The molecule has 0 spiro atoms. The van der Waals surface area contributed by atoms with Gasteiger partial charge in [-0.25, -0.2) is 13.2 Å². The van der Waals surface area contributed by atoms with Gasteiger partial charge in [-0.1, -0.05) is 6.07 Å². The van der Waals surface area contributed by atoms with Crippen molar-refractivity contribution < 1.29 is 18.3 Å². The van der Waals surface area contributed by atoms with Crippen LogP contribution < -0.4 is 5.73 Å². The summed E-state index contributed by atoms with van der Waals surface area (Å²) in [6.45, 7) is 4.63. The summed E-state index contributed by atoms with van der Waals surface area (Å²) in [5.41, 5.74) is 6.73. The first-order valence-electron chi connectivity index (χ1n) is 6.82. The van der Waals surface area contributed by atoms with Gasteiger partial charge >= 0.3 is 5.97 Å². The smallest absolute Gasteiger partial charge is 0.335 e. The van der Waals surface area contributed by atoms with Gasteiger partial charge < -0.3 is 10.8 Å². The van der Waals surface area contributed by atoms with Crippen LogP contribution in [0.25, 0.3) is 0 Å². The number of hydrogen-bond donors (Lipinski definition) is 2. The Bertz CT molecular complexity index is 670. The molecular weight excluding hydrogens is 292 g/mol. The highest BCUT2D eigenvalue weighted by atomic mass is 32.2. The maximum Gasteiger partial charge on any atom is 0.335 e. The quantitative estimate of drug-likeness (QED) is 0.863. The average molecular weight is 312 g/mol. The van der Waals surface area contributed by atoms with Crippen molar-refractivity contribution in [2.45, 2.75) is 25.2 Å². The summed E-state index contributed by atoms with van der Waals surface area (Å²) in [5, 5.41) is 9.17. The third-order valence-electron chi connectivity index (χ3n) is 3.95. The molecule has 1 aliphatic heterocycles. The van der Waals surface area contributed by atoms with Crippen molar-refractivity contribution in [3.05, 3.63) is 28.8 Å². The van der Waals surface area contributed by atoms with Crippen molar-refractivity contribution in [2.75, 3.05) is 19.6 Å². The monoisotopic (exact) mass is 312 g/mol. The first-order valence-corrected chi connectivity index (χ1v) is 8.26. The van der Waals surface area contributed by atoms with E-state index in [1.54, 1.807) is 19.9 Å². The Labute approximate surface area is 124 Å². The third kappa shape index (κ3) is 2.95. The van der Waals surface area contributed by atoms with E-state index in [4.69, 9.17) is 10.8 Å². The molecule has 1 aromatic carbocycles. The second kappa shape index (κ2) is 5.75. The molecule has 7 heteroatoms. The number of hydrogen-bond acceptors (Lipinski definition) is 4. The molecule has 116 valence electrons. The van der Waals surface area contributed by atoms with E-state index < -0.39 is 16.0 Å². The normalized spacial score (nSPS) is 19.9. The first-order chi connectivity index (χ1) is 9.77. The molecule has 1 aliphatic rings. The number of sulfonamides is 1. The van der Waals surface area contributed by atoms with Crippen LogP contribution in [0.3, 0.4) is 0 Å².